The maximum absolute atomic E-state index is 12.5. The molecule has 2 heterocycles. The lowest BCUT2D eigenvalue weighted by molar-refractivity contribution is 0.755. The second-order valence-corrected chi connectivity index (χ2v) is 6.56. The van der Waals surface area contributed by atoms with E-state index >= 15 is 0 Å². The third-order valence-electron chi connectivity index (χ3n) is 3.88. The van der Waals surface area contributed by atoms with Crippen LogP contribution in [0.15, 0.2) is 35.1 Å². The Hall–Kier alpha value is -2.34. The van der Waals surface area contributed by atoms with Crippen LogP contribution in [0.25, 0.3) is 10.2 Å². The third kappa shape index (κ3) is 2.35. The van der Waals surface area contributed by atoms with Crippen LogP contribution in [0.1, 0.15) is 16.3 Å². The first kappa shape index (κ1) is 14.6. The minimum Gasteiger partial charge on any atom is -0.367 e. The molecule has 22 heavy (non-hydrogen) atoms. The molecule has 5 nitrogen and oxygen atoms in total. The van der Waals surface area contributed by atoms with Gasteiger partial charge >= 0.3 is 0 Å². The van der Waals surface area contributed by atoms with E-state index in [0.717, 1.165) is 21.0 Å². The molecule has 3 rings (SSSR count). The van der Waals surface area contributed by atoms with Crippen LogP contribution < -0.4 is 16.3 Å². The number of rotatable bonds is 3. The highest BCUT2D eigenvalue weighted by Gasteiger charge is 2.16. The zero-order valence-electron chi connectivity index (χ0n) is 12.8. The van der Waals surface area contributed by atoms with Crippen LogP contribution in [0, 0.1) is 13.8 Å². The van der Waals surface area contributed by atoms with Crippen LogP contribution in [-0.4, -0.2) is 16.7 Å². The summed E-state index contributed by atoms with van der Waals surface area (Å²) in [6, 6.07) is 9.94. The SMILES string of the molecule is Cc1sc2nc(CN(C)c3ccccc3)n(N)c(=O)c2c1C. The molecule has 0 saturated carbocycles. The minimum absolute atomic E-state index is 0.177. The summed E-state index contributed by atoms with van der Waals surface area (Å²) in [5.74, 6) is 6.53. The van der Waals surface area contributed by atoms with Crippen LogP contribution in [0.3, 0.4) is 0 Å². The van der Waals surface area contributed by atoms with E-state index in [0.29, 0.717) is 17.8 Å². The number of nitrogens with zero attached hydrogens (tertiary/aromatic N) is 3. The molecule has 0 spiro atoms. The first-order valence-electron chi connectivity index (χ1n) is 7.02. The Labute approximate surface area is 132 Å². The van der Waals surface area contributed by atoms with Gasteiger partial charge in [-0.25, -0.2) is 9.66 Å². The highest BCUT2D eigenvalue weighted by atomic mass is 32.1. The number of nitrogens with two attached hydrogens (primary N) is 1. The first-order valence-corrected chi connectivity index (χ1v) is 7.83. The predicted molar refractivity (Wildman–Crippen MR) is 92.1 cm³/mol. The van der Waals surface area contributed by atoms with Crippen molar-refractivity contribution in [1.29, 1.82) is 0 Å². The Balaban J connectivity index is 2.05. The van der Waals surface area contributed by atoms with Gasteiger partial charge in [0.15, 0.2) is 5.82 Å². The molecule has 0 bridgehead atoms. The molecule has 3 aromatic rings. The van der Waals surface area contributed by atoms with E-state index in [1.54, 1.807) is 11.3 Å². The first-order chi connectivity index (χ1) is 10.5. The minimum atomic E-state index is -0.177. The maximum atomic E-state index is 12.5. The lowest BCUT2D eigenvalue weighted by Crippen LogP contribution is -2.34. The summed E-state index contributed by atoms with van der Waals surface area (Å²) in [5.41, 5.74) is 1.85. The van der Waals surface area contributed by atoms with E-state index in [4.69, 9.17) is 5.84 Å². The number of anilines is 1. The maximum Gasteiger partial charge on any atom is 0.281 e. The van der Waals surface area contributed by atoms with Gasteiger partial charge in [-0.15, -0.1) is 11.3 Å². The summed E-state index contributed by atoms with van der Waals surface area (Å²) < 4.78 is 1.17. The van der Waals surface area contributed by atoms with Gasteiger partial charge in [-0.3, -0.25) is 4.79 Å². The summed E-state index contributed by atoms with van der Waals surface area (Å²) in [7, 11) is 1.95. The fourth-order valence-corrected chi connectivity index (χ4v) is 3.48. The Morgan fingerprint density at radius 1 is 1.27 bits per heavy atom. The van der Waals surface area contributed by atoms with E-state index in [1.807, 2.05) is 56.1 Å². The van der Waals surface area contributed by atoms with Crippen molar-refractivity contribution in [3.8, 4) is 0 Å². The molecule has 0 unspecified atom stereocenters. The lowest BCUT2D eigenvalue weighted by Gasteiger charge is -2.19. The van der Waals surface area contributed by atoms with Crippen LogP contribution in [0.5, 0.6) is 0 Å². The molecule has 6 heteroatoms. The number of hydrogen-bond acceptors (Lipinski definition) is 5. The van der Waals surface area contributed by atoms with Gasteiger partial charge in [-0.05, 0) is 31.5 Å². The quantitative estimate of drug-likeness (QED) is 0.754. The molecule has 0 amide bonds. The summed E-state index contributed by atoms with van der Waals surface area (Å²) in [5, 5.41) is 0.635. The summed E-state index contributed by atoms with van der Waals surface area (Å²) in [4.78, 5) is 21.0. The molecule has 0 radical (unpaired) electrons. The topological polar surface area (TPSA) is 64.2 Å². The van der Waals surface area contributed by atoms with Crippen molar-refractivity contribution in [3.63, 3.8) is 0 Å². The van der Waals surface area contributed by atoms with E-state index in [-0.39, 0.29) is 5.56 Å². The number of benzene rings is 1. The fourth-order valence-electron chi connectivity index (χ4n) is 2.45. The van der Waals surface area contributed by atoms with Crippen LogP contribution >= 0.6 is 11.3 Å². The third-order valence-corrected chi connectivity index (χ3v) is 4.98. The van der Waals surface area contributed by atoms with Crippen molar-refractivity contribution in [2.75, 3.05) is 17.8 Å². The molecule has 2 N–H and O–H groups in total. The number of hydrogen-bond donors (Lipinski definition) is 1. The molecule has 0 aliphatic rings. The van der Waals surface area contributed by atoms with Gasteiger partial charge in [0.2, 0.25) is 0 Å². The van der Waals surface area contributed by atoms with E-state index < -0.39 is 0 Å². The van der Waals surface area contributed by atoms with Crippen LogP contribution in [0.2, 0.25) is 0 Å². The van der Waals surface area contributed by atoms with E-state index in [2.05, 4.69) is 4.98 Å². The van der Waals surface area contributed by atoms with Gasteiger partial charge in [0, 0.05) is 17.6 Å². The Morgan fingerprint density at radius 3 is 2.64 bits per heavy atom. The molecule has 0 aliphatic heterocycles. The van der Waals surface area contributed by atoms with Gasteiger partial charge < -0.3 is 10.7 Å². The van der Waals surface area contributed by atoms with E-state index in [1.165, 1.54) is 4.68 Å². The normalized spacial score (nSPS) is 11.0. The Morgan fingerprint density at radius 2 is 1.95 bits per heavy atom. The number of nitrogen functional groups attached to an aromatic ring is 1. The highest BCUT2D eigenvalue weighted by Crippen LogP contribution is 2.26. The standard InChI is InChI=1S/C16H18N4OS/c1-10-11(2)22-15-14(10)16(21)20(17)13(18-15)9-19(3)12-7-5-4-6-8-12/h4-8H,9,17H2,1-3H3. The Bertz CT molecular complexity index is 883. The zero-order valence-corrected chi connectivity index (χ0v) is 13.6. The predicted octanol–water partition coefficient (Wildman–Crippen LogP) is 2.43. The lowest BCUT2D eigenvalue weighted by atomic mass is 10.2. The second-order valence-electron chi connectivity index (χ2n) is 5.36. The molecule has 0 saturated heterocycles. The molecular weight excluding hydrogens is 296 g/mol. The van der Waals surface area contributed by atoms with Crippen molar-refractivity contribution in [2.24, 2.45) is 0 Å². The molecule has 2 aromatic heterocycles. The number of fused-ring (bicyclic) bond motifs is 1. The van der Waals surface area contributed by atoms with Crippen LogP contribution in [-0.2, 0) is 6.54 Å². The largest absolute Gasteiger partial charge is 0.367 e. The Kier molecular flexibility index (Phi) is 3.62. The summed E-state index contributed by atoms with van der Waals surface area (Å²) in [6.07, 6.45) is 0. The van der Waals surface area contributed by atoms with Gasteiger partial charge in [0.1, 0.15) is 4.83 Å². The van der Waals surface area contributed by atoms with Crippen molar-refractivity contribution in [1.82, 2.24) is 9.66 Å². The molecular formula is C16H18N4OS. The molecule has 0 aliphatic carbocycles. The number of para-hydroxylation sites is 1. The van der Waals surface area contributed by atoms with Crippen molar-refractivity contribution >= 4 is 27.2 Å². The molecule has 0 atom stereocenters. The van der Waals surface area contributed by atoms with Crippen molar-refractivity contribution < 1.29 is 0 Å². The zero-order chi connectivity index (χ0) is 15.9. The van der Waals surface area contributed by atoms with Crippen LogP contribution in [0.4, 0.5) is 5.69 Å². The molecule has 114 valence electrons. The number of aryl methyl sites for hydroxylation is 2. The average molecular weight is 314 g/mol. The number of thiophene rings is 1. The van der Waals surface area contributed by atoms with Gasteiger partial charge in [-0.1, -0.05) is 18.2 Å². The van der Waals surface area contributed by atoms with E-state index in [9.17, 15) is 4.79 Å². The van der Waals surface area contributed by atoms with Crippen molar-refractivity contribution in [2.45, 2.75) is 20.4 Å². The molecule has 1 aromatic carbocycles. The highest BCUT2D eigenvalue weighted by molar-refractivity contribution is 7.18. The average Bonchev–Trinajstić information content (AvgIpc) is 2.80. The van der Waals surface area contributed by atoms with Gasteiger partial charge in [0.25, 0.3) is 5.56 Å². The van der Waals surface area contributed by atoms with Gasteiger partial charge in [0.05, 0.1) is 11.9 Å². The monoisotopic (exact) mass is 314 g/mol. The smallest absolute Gasteiger partial charge is 0.281 e. The molecule has 0 fully saturated rings. The van der Waals surface area contributed by atoms with Gasteiger partial charge in [-0.2, -0.15) is 0 Å². The summed E-state index contributed by atoms with van der Waals surface area (Å²) in [6.45, 7) is 4.41. The van der Waals surface area contributed by atoms with Crippen molar-refractivity contribution in [3.05, 3.63) is 57.0 Å². The fraction of sp³-hybridized carbons (Fsp3) is 0.250. The summed E-state index contributed by atoms with van der Waals surface area (Å²) >= 11 is 1.54. The second kappa shape index (κ2) is 5.46. The number of aromatic nitrogens is 2.